The van der Waals surface area contributed by atoms with E-state index >= 15 is 0 Å². The Balaban J connectivity index is 3.18. The predicted molar refractivity (Wildman–Crippen MR) is 45.4 cm³/mol. The molecule has 0 aliphatic heterocycles. The number of benzene rings is 1. The number of amides is 1. The van der Waals surface area contributed by atoms with Gasteiger partial charge in [0, 0.05) is 5.56 Å². The maximum Gasteiger partial charge on any atom is 0.248 e. The maximum atomic E-state index is 10.6. The van der Waals surface area contributed by atoms with Crippen LogP contribution in [0.15, 0.2) is 23.4 Å². The predicted octanol–water partition coefficient (Wildman–Crippen LogP) is 1.84. The van der Waals surface area contributed by atoms with E-state index in [0.717, 1.165) is 0 Å². The number of carbonyl (C=O) groups is 1. The second-order valence-electron chi connectivity index (χ2n) is 2.12. The van der Waals surface area contributed by atoms with Crippen molar-refractivity contribution in [2.75, 3.05) is 0 Å². The highest BCUT2D eigenvalue weighted by molar-refractivity contribution is 6.33. The molecule has 0 aliphatic rings. The van der Waals surface area contributed by atoms with Crippen LogP contribution in [0.5, 0.6) is 0 Å². The van der Waals surface area contributed by atoms with E-state index in [1.807, 2.05) is 0 Å². The minimum Gasteiger partial charge on any atom is -0.366 e. The zero-order valence-corrected chi connectivity index (χ0v) is 6.71. The molecule has 2 N–H and O–H groups in total. The molecule has 0 aliphatic carbocycles. The molecule has 1 rings (SSSR count). The molecule has 0 aromatic heterocycles. The summed E-state index contributed by atoms with van der Waals surface area (Å²) in [5.74, 6) is -0.589. The van der Waals surface area contributed by atoms with Gasteiger partial charge in [0.1, 0.15) is 5.69 Å². The van der Waals surface area contributed by atoms with E-state index in [9.17, 15) is 9.70 Å². The summed E-state index contributed by atoms with van der Waals surface area (Å²) in [4.78, 5) is 20.7. The van der Waals surface area contributed by atoms with Crippen molar-refractivity contribution in [1.29, 1.82) is 0 Å². The van der Waals surface area contributed by atoms with Crippen molar-refractivity contribution in [2.24, 2.45) is 10.9 Å². The molecule has 1 aromatic carbocycles. The quantitative estimate of drug-likeness (QED) is 0.713. The highest BCUT2D eigenvalue weighted by Crippen LogP contribution is 2.24. The minimum absolute atomic E-state index is 0.0988. The monoisotopic (exact) mass is 184 g/mol. The second-order valence-corrected chi connectivity index (χ2v) is 2.53. The standard InChI is InChI=1S/C7H5ClN2O2/c8-5-3-4(7(9)11)1-2-6(5)10-12/h1-3H,(H2,9,11). The van der Waals surface area contributed by atoms with E-state index in [2.05, 4.69) is 5.18 Å². The third kappa shape index (κ3) is 1.60. The van der Waals surface area contributed by atoms with Crippen molar-refractivity contribution < 1.29 is 4.79 Å². The first-order valence-corrected chi connectivity index (χ1v) is 3.45. The Morgan fingerprint density at radius 2 is 2.17 bits per heavy atom. The average Bonchev–Trinajstić information content (AvgIpc) is 2.04. The molecule has 0 fully saturated rings. The van der Waals surface area contributed by atoms with Crippen molar-refractivity contribution in [3.05, 3.63) is 33.7 Å². The lowest BCUT2D eigenvalue weighted by atomic mass is 10.2. The number of primary amides is 1. The van der Waals surface area contributed by atoms with Crippen LogP contribution >= 0.6 is 11.6 Å². The molecule has 0 saturated heterocycles. The van der Waals surface area contributed by atoms with Gasteiger partial charge >= 0.3 is 0 Å². The summed E-state index contributed by atoms with van der Waals surface area (Å²) in [6.07, 6.45) is 0. The SMILES string of the molecule is NC(=O)c1ccc(N=O)c(Cl)c1. The Bertz CT molecular complexity index is 338. The lowest BCUT2D eigenvalue weighted by Crippen LogP contribution is -2.10. The number of halogens is 1. The van der Waals surface area contributed by atoms with E-state index in [4.69, 9.17) is 17.3 Å². The zero-order chi connectivity index (χ0) is 9.14. The van der Waals surface area contributed by atoms with Gasteiger partial charge < -0.3 is 5.73 Å². The van der Waals surface area contributed by atoms with Gasteiger partial charge in [-0.15, -0.1) is 4.91 Å². The van der Waals surface area contributed by atoms with E-state index in [-0.39, 0.29) is 16.3 Å². The Morgan fingerprint density at radius 1 is 1.50 bits per heavy atom. The second kappa shape index (κ2) is 3.32. The fourth-order valence-corrected chi connectivity index (χ4v) is 0.949. The van der Waals surface area contributed by atoms with Gasteiger partial charge in [0.25, 0.3) is 0 Å². The van der Waals surface area contributed by atoms with Crippen molar-refractivity contribution in [2.45, 2.75) is 0 Å². The van der Waals surface area contributed by atoms with Crippen LogP contribution in [0, 0.1) is 4.91 Å². The van der Waals surface area contributed by atoms with Gasteiger partial charge in [0.2, 0.25) is 5.91 Å². The number of nitroso groups, excluding NO2 is 1. The number of carbonyl (C=O) groups excluding carboxylic acids is 1. The minimum atomic E-state index is -0.589. The molecule has 0 atom stereocenters. The zero-order valence-electron chi connectivity index (χ0n) is 5.95. The summed E-state index contributed by atoms with van der Waals surface area (Å²) < 4.78 is 0. The van der Waals surface area contributed by atoms with Crippen LogP contribution in [0.4, 0.5) is 5.69 Å². The van der Waals surface area contributed by atoms with Gasteiger partial charge in [0.15, 0.2) is 0 Å². The molecule has 4 nitrogen and oxygen atoms in total. The van der Waals surface area contributed by atoms with Crippen molar-refractivity contribution >= 4 is 23.2 Å². The molecular formula is C7H5ClN2O2. The fourth-order valence-electron chi connectivity index (χ4n) is 0.734. The van der Waals surface area contributed by atoms with Crippen molar-refractivity contribution in [1.82, 2.24) is 0 Å². The summed E-state index contributed by atoms with van der Waals surface area (Å²) in [6.45, 7) is 0. The lowest BCUT2D eigenvalue weighted by Gasteiger charge is -1.96. The third-order valence-corrected chi connectivity index (χ3v) is 1.63. The smallest absolute Gasteiger partial charge is 0.248 e. The van der Waals surface area contributed by atoms with Crippen LogP contribution in [0.25, 0.3) is 0 Å². The Labute approximate surface area is 73.3 Å². The Hall–Kier alpha value is -1.42. The normalized spacial score (nSPS) is 9.42. The van der Waals surface area contributed by atoms with E-state index in [1.165, 1.54) is 18.2 Å². The van der Waals surface area contributed by atoms with E-state index in [0.29, 0.717) is 0 Å². The van der Waals surface area contributed by atoms with Gasteiger partial charge in [-0.1, -0.05) is 11.6 Å². The molecule has 1 amide bonds. The highest BCUT2D eigenvalue weighted by Gasteiger charge is 2.04. The van der Waals surface area contributed by atoms with Crippen LogP contribution < -0.4 is 5.73 Å². The van der Waals surface area contributed by atoms with Gasteiger partial charge in [-0.2, -0.15) is 0 Å². The highest BCUT2D eigenvalue weighted by atomic mass is 35.5. The topological polar surface area (TPSA) is 72.5 Å². The Morgan fingerprint density at radius 3 is 2.58 bits per heavy atom. The van der Waals surface area contributed by atoms with E-state index < -0.39 is 5.91 Å². The first kappa shape index (κ1) is 8.67. The van der Waals surface area contributed by atoms with Crippen LogP contribution in [0.2, 0.25) is 5.02 Å². The summed E-state index contributed by atoms with van der Waals surface area (Å²) in [6, 6.07) is 4.04. The van der Waals surface area contributed by atoms with Crippen LogP contribution in [-0.2, 0) is 0 Å². The summed E-state index contributed by atoms with van der Waals surface area (Å²) in [7, 11) is 0. The van der Waals surface area contributed by atoms with Crippen LogP contribution in [0.3, 0.4) is 0 Å². The maximum absolute atomic E-state index is 10.6. The third-order valence-electron chi connectivity index (χ3n) is 1.33. The molecule has 0 spiro atoms. The number of nitrogens with zero attached hydrogens (tertiary/aromatic N) is 1. The first-order valence-electron chi connectivity index (χ1n) is 3.08. The fraction of sp³-hybridized carbons (Fsp3) is 0. The molecule has 0 unspecified atom stereocenters. The lowest BCUT2D eigenvalue weighted by molar-refractivity contribution is 0.100. The van der Waals surface area contributed by atoms with Crippen molar-refractivity contribution in [3.63, 3.8) is 0 Å². The van der Waals surface area contributed by atoms with Crippen LogP contribution in [0.1, 0.15) is 10.4 Å². The molecule has 62 valence electrons. The summed E-state index contributed by atoms with van der Waals surface area (Å²) in [5.41, 5.74) is 5.32. The largest absolute Gasteiger partial charge is 0.366 e. The van der Waals surface area contributed by atoms with Gasteiger partial charge in [0.05, 0.1) is 5.02 Å². The van der Waals surface area contributed by atoms with E-state index in [1.54, 1.807) is 0 Å². The summed E-state index contributed by atoms with van der Waals surface area (Å²) in [5, 5.41) is 2.76. The molecule has 0 bridgehead atoms. The summed E-state index contributed by atoms with van der Waals surface area (Å²) >= 11 is 5.57. The average molecular weight is 185 g/mol. The molecular weight excluding hydrogens is 180 g/mol. The molecule has 5 heteroatoms. The number of nitrogens with two attached hydrogens (primary N) is 1. The Kier molecular flexibility index (Phi) is 2.40. The number of hydrogen-bond acceptors (Lipinski definition) is 3. The van der Waals surface area contributed by atoms with Gasteiger partial charge in [-0.05, 0) is 23.4 Å². The molecule has 1 aromatic rings. The van der Waals surface area contributed by atoms with Gasteiger partial charge in [-0.25, -0.2) is 0 Å². The molecule has 12 heavy (non-hydrogen) atoms. The van der Waals surface area contributed by atoms with Crippen LogP contribution in [-0.4, -0.2) is 5.91 Å². The molecule has 0 heterocycles. The molecule has 0 radical (unpaired) electrons. The van der Waals surface area contributed by atoms with Crippen molar-refractivity contribution in [3.8, 4) is 0 Å². The number of hydrogen-bond donors (Lipinski definition) is 1. The first-order chi connectivity index (χ1) is 5.65. The van der Waals surface area contributed by atoms with Gasteiger partial charge in [-0.3, -0.25) is 4.79 Å². The number of rotatable bonds is 2. The molecule has 0 saturated carbocycles.